The molecule has 0 aromatic heterocycles. The summed E-state index contributed by atoms with van der Waals surface area (Å²) < 4.78 is 0. The molecule has 72 valence electrons. The number of aliphatic hydroxyl groups excluding tert-OH is 2. The molecule has 1 rings (SSSR count). The highest BCUT2D eigenvalue weighted by Gasteiger charge is 2.14. The normalized spacial score (nSPS) is 15.3. The molecule has 0 fully saturated rings. The van der Waals surface area contributed by atoms with Crippen molar-refractivity contribution in [2.24, 2.45) is 5.92 Å². The molecule has 0 aliphatic heterocycles. The van der Waals surface area contributed by atoms with Crippen LogP contribution in [0.25, 0.3) is 0 Å². The van der Waals surface area contributed by atoms with Gasteiger partial charge >= 0.3 is 0 Å². The summed E-state index contributed by atoms with van der Waals surface area (Å²) in [6, 6.07) is 9.54. The van der Waals surface area contributed by atoms with Gasteiger partial charge < -0.3 is 10.2 Å². The Labute approximate surface area is 78.8 Å². The third kappa shape index (κ3) is 2.83. The van der Waals surface area contributed by atoms with Crippen LogP contribution in [0.15, 0.2) is 30.3 Å². The minimum absolute atomic E-state index is 0.104. The molecule has 2 nitrogen and oxygen atoms in total. The number of hydrogen-bond donors (Lipinski definition) is 2. The fourth-order valence-electron chi connectivity index (χ4n) is 1.34. The van der Waals surface area contributed by atoms with E-state index < -0.39 is 6.10 Å². The van der Waals surface area contributed by atoms with Gasteiger partial charge in [-0.2, -0.15) is 0 Å². The SMILES string of the molecule is C[C@@H](CCO)[C@H](O)c1ccccc1. The maximum Gasteiger partial charge on any atom is 0.0816 e. The molecule has 0 bridgehead atoms. The van der Waals surface area contributed by atoms with Crippen LogP contribution in [0.4, 0.5) is 0 Å². The third-order valence-electron chi connectivity index (χ3n) is 2.26. The van der Waals surface area contributed by atoms with Gasteiger partial charge in [0.25, 0.3) is 0 Å². The van der Waals surface area contributed by atoms with Gasteiger partial charge in [-0.3, -0.25) is 0 Å². The van der Waals surface area contributed by atoms with E-state index in [0.29, 0.717) is 6.42 Å². The lowest BCUT2D eigenvalue weighted by molar-refractivity contribution is 0.0991. The van der Waals surface area contributed by atoms with Crippen molar-refractivity contribution < 1.29 is 10.2 Å². The first-order chi connectivity index (χ1) is 6.25. The van der Waals surface area contributed by atoms with Crippen LogP contribution in [0.5, 0.6) is 0 Å². The zero-order valence-corrected chi connectivity index (χ0v) is 7.85. The molecule has 0 aliphatic carbocycles. The highest BCUT2D eigenvalue weighted by Crippen LogP contribution is 2.23. The summed E-state index contributed by atoms with van der Waals surface area (Å²) in [5.41, 5.74) is 0.920. The maximum atomic E-state index is 9.81. The van der Waals surface area contributed by atoms with Gasteiger partial charge in [0.05, 0.1) is 6.10 Å². The molecule has 13 heavy (non-hydrogen) atoms. The van der Waals surface area contributed by atoms with Crippen LogP contribution in [-0.2, 0) is 0 Å². The van der Waals surface area contributed by atoms with Crippen molar-refractivity contribution in [2.45, 2.75) is 19.4 Å². The van der Waals surface area contributed by atoms with Crippen molar-refractivity contribution in [1.82, 2.24) is 0 Å². The van der Waals surface area contributed by atoms with Gasteiger partial charge in [-0.05, 0) is 17.9 Å². The maximum absolute atomic E-state index is 9.81. The standard InChI is InChI=1S/C11H16O2/c1-9(7-8-12)11(13)10-5-3-2-4-6-10/h2-6,9,11-13H,7-8H2,1H3/t9-,11-/m0/s1. The predicted octanol–water partition coefficient (Wildman–Crippen LogP) is 1.74. The number of benzene rings is 1. The van der Waals surface area contributed by atoms with Gasteiger partial charge in [0.2, 0.25) is 0 Å². The minimum Gasteiger partial charge on any atom is -0.396 e. The second kappa shape index (κ2) is 5.00. The van der Waals surface area contributed by atoms with E-state index in [1.807, 2.05) is 37.3 Å². The van der Waals surface area contributed by atoms with Crippen molar-refractivity contribution in [1.29, 1.82) is 0 Å². The second-order valence-electron chi connectivity index (χ2n) is 3.35. The molecule has 1 aromatic carbocycles. The molecule has 2 N–H and O–H groups in total. The van der Waals surface area contributed by atoms with E-state index in [1.54, 1.807) is 0 Å². The molecule has 2 heteroatoms. The Kier molecular flexibility index (Phi) is 3.93. The summed E-state index contributed by atoms with van der Waals surface area (Å²) >= 11 is 0. The summed E-state index contributed by atoms with van der Waals surface area (Å²) in [5, 5.41) is 18.5. The van der Waals surface area contributed by atoms with Crippen LogP contribution in [0, 0.1) is 5.92 Å². The molecule has 0 heterocycles. The summed E-state index contributed by atoms with van der Waals surface area (Å²) in [6.07, 6.45) is 0.170. The lowest BCUT2D eigenvalue weighted by atomic mass is 9.95. The summed E-state index contributed by atoms with van der Waals surface area (Å²) in [6.45, 7) is 2.07. The topological polar surface area (TPSA) is 40.5 Å². The van der Waals surface area contributed by atoms with Gasteiger partial charge in [-0.15, -0.1) is 0 Å². The summed E-state index contributed by atoms with van der Waals surface area (Å²) in [7, 11) is 0. The average Bonchev–Trinajstić information content (AvgIpc) is 2.18. The Morgan fingerprint density at radius 3 is 2.38 bits per heavy atom. The van der Waals surface area contributed by atoms with E-state index >= 15 is 0 Å². The highest BCUT2D eigenvalue weighted by atomic mass is 16.3. The van der Waals surface area contributed by atoms with E-state index in [4.69, 9.17) is 5.11 Å². The number of aliphatic hydroxyl groups is 2. The molecular formula is C11H16O2. The zero-order valence-electron chi connectivity index (χ0n) is 7.85. The summed E-state index contributed by atoms with van der Waals surface area (Å²) in [4.78, 5) is 0. The zero-order chi connectivity index (χ0) is 9.68. The van der Waals surface area contributed by atoms with Gasteiger partial charge in [0.1, 0.15) is 0 Å². The predicted molar refractivity (Wildman–Crippen MR) is 52.3 cm³/mol. The second-order valence-corrected chi connectivity index (χ2v) is 3.35. The van der Waals surface area contributed by atoms with Crippen LogP contribution in [0.2, 0.25) is 0 Å². The fraction of sp³-hybridized carbons (Fsp3) is 0.455. The van der Waals surface area contributed by atoms with E-state index in [-0.39, 0.29) is 12.5 Å². The molecule has 0 saturated heterocycles. The Balaban J connectivity index is 2.62. The van der Waals surface area contributed by atoms with Crippen molar-refractivity contribution in [2.75, 3.05) is 6.61 Å². The number of hydrogen-bond acceptors (Lipinski definition) is 2. The van der Waals surface area contributed by atoms with E-state index in [2.05, 4.69) is 0 Å². The van der Waals surface area contributed by atoms with Crippen molar-refractivity contribution in [3.05, 3.63) is 35.9 Å². The van der Waals surface area contributed by atoms with Crippen LogP contribution in [0.3, 0.4) is 0 Å². The molecular weight excluding hydrogens is 164 g/mol. The molecule has 0 aliphatic rings. The van der Waals surface area contributed by atoms with Crippen molar-refractivity contribution >= 4 is 0 Å². The van der Waals surface area contributed by atoms with E-state index in [9.17, 15) is 5.11 Å². The van der Waals surface area contributed by atoms with Crippen molar-refractivity contribution in [3.8, 4) is 0 Å². The van der Waals surface area contributed by atoms with Crippen LogP contribution >= 0.6 is 0 Å². The Morgan fingerprint density at radius 1 is 1.23 bits per heavy atom. The molecule has 1 aromatic rings. The van der Waals surface area contributed by atoms with Crippen LogP contribution < -0.4 is 0 Å². The smallest absolute Gasteiger partial charge is 0.0816 e. The van der Waals surface area contributed by atoms with Crippen LogP contribution in [0.1, 0.15) is 25.0 Å². The molecule has 0 amide bonds. The van der Waals surface area contributed by atoms with Gasteiger partial charge in [0.15, 0.2) is 0 Å². The minimum atomic E-state index is -0.464. The van der Waals surface area contributed by atoms with Gasteiger partial charge in [-0.1, -0.05) is 37.3 Å². The first-order valence-electron chi connectivity index (χ1n) is 4.59. The lowest BCUT2D eigenvalue weighted by Gasteiger charge is -2.17. The highest BCUT2D eigenvalue weighted by molar-refractivity contribution is 5.17. The average molecular weight is 180 g/mol. The molecule has 2 atom stereocenters. The first-order valence-corrected chi connectivity index (χ1v) is 4.59. The molecule has 0 saturated carbocycles. The largest absolute Gasteiger partial charge is 0.396 e. The molecule has 0 radical (unpaired) electrons. The monoisotopic (exact) mass is 180 g/mol. The molecule has 0 unspecified atom stereocenters. The Morgan fingerprint density at radius 2 is 1.85 bits per heavy atom. The van der Waals surface area contributed by atoms with E-state index in [0.717, 1.165) is 5.56 Å². The van der Waals surface area contributed by atoms with Crippen LogP contribution in [-0.4, -0.2) is 16.8 Å². The third-order valence-corrected chi connectivity index (χ3v) is 2.26. The lowest BCUT2D eigenvalue weighted by Crippen LogP contribution is -2.10. The molecule has 0 spiro atoms. The fourth-order valence-corrected chi connectivity index (χ4v) is 1.34. The van der Waals surface area contributed by atoms with E-state index in [1.165, 1.54) is 0 Å². The van der Waals surface area contributed by atoms with Crippen molar-refractivity contribution in [3.63, 3.8) is 0 Å². The summed E-state index contributed by atoms with van der Waals surface area (Å²) in [5.74, 6) is 0.104. The van der Waals surface area contributed by atoms with Gasteiger partial charge in [0, 0.05) is 6.61 Å². The first kappa shape index (κ1) is 10.2. The number of rotatable bonds is 4. The van der Waals surface area contributed by atoms with Gasteiger partial charge in [-0.25, -0.2) is 0 Å². The Bertz CT molecular complexity index is 233. The quantitative estimate of drug-likeness (QED) is 0.741. The Hall–Kier alpha value is -0.860.